The molecule has 0 radical (unpaired) electrons. The molecule has 0 unspecified atom stereocenters. The van der Waals surface area contributed by atoms with E-state index >= 15 is 0 Å². The molecule has 1 aliphatic carbocycles. The van der Waals surface area contributed by atoms with Gasteiger partial charge in [-0.25, -0.2) is 4.79 Å². The van der Waals surface area contributed by atoms with E-state index in [1.165, 1.54) is 12.8 Å². The van der Waals surface area contributed by atoms with Crippen LogP contribution in [0.1, 0.15) is 52.4 Å². The van der Waals surface area contributed by atoms with Gasteiger partial charge in [0.1, 0.15) is 0 Å². The fraction of sp³-hybridized carbons (Fsp3) is 0.846. The quantitative estimate of drug-likeness (QED) is 0.792. The number of carbonyl (C=O) groups excluding carboxylic acids is 1. The van der Waals surface area contributed by atoms with Crippen LogP contribution >= 0.6 is 0 Å². The predicted octanol–water partition coefficient (Wildman–Crippen LogP) is 2.21. The highest BCUT2D eigenvalue weighted by molar-refractivity contribution is 5.75. The molecule has 104 valence electrons. The Labute approximate surface area is 109 Å². The number of amides is 2. The van der Waals surface area contributed by atoms with Crippen molar-refractivity contribution in [2.45, 2.75) is 64.0 Å². The molecule has 1 fully saturated rings. The van der Waals surface area contributed by atoms with Gasteiger partial charge in [-0.2, -0.15) is 0 Å². The zero-order chi connectivity index (χ0) is 13.8. The van der Waals surface area contributed by atoms with E-state index in [-0.39, 0.29) is 12.5 Å². The Bertz CT molecular complexity index is 309. The summed E-state index contributed by atoms with van der Waals surface area (Å²) >= 11 is 0. The minimum absolute atomic E-state index is 0.0699. The number of hydrogen-bond acceptors (Lipinski definition) is 2. The molecule has 0 saturated heterocycles. The standard InChI is InChI=1S/C13H24N2O3/c1-13(2,9-8-11(16)17)14-12(18)15(3)10-6-4-5-7-10/h10H,4-9H2,1-3H3,(H,14,18)(H,16,17). The predicted molar refractivity (Wildman–Crippen MR) is 69.5 cm³/mol. The lowest BCUT2D eigenvalue weighted by Crippen LogP contribution is -2.51. The van der Waals surface area contributed by atoms with Gasteiger partial charge in [-0.05, 0) is 33.1 Å². The third kappa shape index (κ3) is 4.55. The number of carboxylic acids is 1. The van der Waals surface area contributed by atoms with Gasteiger partial charge in [0, 0.05) is 25.0 Å². The Morgan fingerprint density at radius 2 is 1.89 bits per heavy atom. The summed E-state index contributed by atoms with van der Waals surface area (Å²) in [6, 6.07) is 0.234. The number of nitrogens with one attached hydrogen (secondary N) is 1. The van der Waals surface area contributed by atoms with Crippen LogP contribution < -0.4 is 5.32 Å². The van der Waals surface area contributed by atoms with Crippen LogP contribution in [0.15, 0.2) is 0 Å². The Morgan fingerprint density at radius 1 is 1.33 bits per heavy atom. The first kappa shape index (κ1) is 14.8. The number of carboxylic acid groups (broad SMARTS) is 1. The molecular formula is C13H24N2O3. The molecule has 0 heterocycles. The lowest BCUT2D eigenvalue weighted by molar-refractivity contribution is -0.137. The summed E-state index contributed by atoms with van der Waals surface area (Å²) in [6.45, 7) is 3.71. The second-order valence-corrected chi connectivity index (χ2v) is 5.76. The van der Waals surface area contributed by atoms with E-state index < -0.39 is 11.5 Å². The minimum Gasteiger partial charge on any atom is -0.481 e. The summed E-state index contributed by atoms with van der Waals surface area (Å²) in [4.78, 5) is 24.4. The van der Waals surface area contributed by atoms with E-state index in [9.17, 15) is 9.59 Å². The maximum Gasteiger partial charge on any atom is 0.317 e. The molecule has 0 aromatic carbocycles. The monoisotopic (exact) mass is 256 g/mol. The van der Waals surface area contributed by atoms with Gasteiger partial charge in [0.05, 0.1) is 0 Å². The zero-order valence-electron chi connectivity index (χ0n) is 11.5. The molecule has 0 aliphatic heterocycles. The first-order valence-corrected chi connectivity index (χ1v) is 6.58. The SMILES string of the molecule is CN(C(=O)NC(C)(C)CCC(=O)O)C1CCCC1. The van der Waals surface area contributed by atoms with Gasteiger partial charge >= 0.3 is 12.0 Å². The molecule has 0 spiro atoms. The third-order valence-corrected chi connectivity index (χ3v) is 3.60. The molecule has 18 heavy (non-hydrogen) atoms. The fourth-order valence-electron chi connectivity index (χ4n) is 2.32. The third-order valence-electron chi connectivity index (χ3n) is 3.60. The van der Waals surface area contributed by atoms with E-state index in [0.717, 1.165) is 12.8 Å². The van der Waals surface area contributed by atoms with Crippen LogP contribution in [0.3, 0.4) is 0 Å². The van der Waals surface area contributed by atoms with Crippen molar-refractivity contribution in [3.05, 3.63) is 0 Å². The average Bonchev–Trinajstić information content (AvgIpc) is 2.78. The van der Waals surface area contributed by atoms with Crippen LogP contribution in [0.2, 0.25) is 0 Å². The van der Waals surface area contributed by atoms with Crippen molar-refractivity contribution in [2.24, 2.45) is 0 Å². The summed E-state index contributed by atoms with van der Waals surface area (Å²) in [6.07, 6.45) is 5.02. The van der Waals surface area contributed by atoms with Gasteiger partial charge in [0.15, 0.2) is 0 Å². The van der Waals surface area contributed by atoms with E-state index in [2.05, 4.69) is 5.32 Å². The number of nitrogens with zero attached hydrogens (tertiary/aromatic N) is 1. The number of aliphatic carboxylic acids is 1. The Hall–Kier alpha value is -1.26. The fourth-order valence-corrected chi connectivity index (χ4v) is 2.32. The summed E-state index contributed by atoms with van der Waals surface area (Å²) in [5.41, 5.74) is -0.484. The Kier molecular flexibility index (Phi) is 4.99. The summed E-state index contributed by atoms with van der Waals surface area (Å²) < 4.78 is 0. The second-order valence-electron chi connectivity index (χ2n) is 5.76. The maximum atomic E-state index is 12.1. The van der Waals surface area contributed by atoms with Gasteiger partial charge < -0.3 is 15.3 Å². The average molecular weight is 256 g/mol. The summed E-state index contributed by atoms with van der Waals surface area (Å²) in [5, 5.41) is 11.6. The number of rotatable bonds is 5. The Balaban J connectivity index is 2.43. The van der Waals surface area contributed by atoms with Crippen LogP contribution in [-0.2, 0) is 4.79 Å². The van der Waals surface area contributed by atoms with Crippen LogP contribution in [0.5, 0.6) is 0 Å². The lowest BCUT2D eigenvalue weighted by atomic mass is 9.98. The topological polar surface area (TPSA) is 69.6 Å². The van der Waals surface area contributed by atoms with Gasteiger partial charge in [0.25, 0.3) is 0 Å². The van der Waals surface area contributed by atoms with Gasteiger partial charge in [0.2, 0.25) is 0 Å². The van der Waals surface area contributed by atoms with Crippen molar-refractivity contribution >= 4 is 12.0 Å². The summed E-state index contributed by atoms with van der Waals surface area (Å²) in [5.74, 6) is -0.832. The largest absolute Gasteiger partial charge is 0.481 e. The smallest absolute Gasteiger partial charge is 0.317 e. The first-order valence-electron chi connectivity index (χ1n) is 6.58. The maximum absolute atomic E-state index is 12.1. The molecule has 0 aromatic rings. The van der Waals surface area contributed by atoms with E-state index in [0.29, 0.717) is 12.5 Å². The highest BCUT2D eigenvalue weighted by atomic mass is 16.4. The van der Waals surface area contributed by atoms with E-state index in [1.54, 1.807) is 4.90 Å². The number of hydrogen-bond donors (Lipinski definition) is 2. The molecular weight excluding hydrogens is 232 g/mol. The van der Waals surface area contributed by atoms with Crippen molar-refractivity contribution in [1.29, 1.82) is 0 Å². The van der Waals surface area contributed by atoms with Crippen LogP contribution in [0, 0.1) is 0 Å². The molecule has 2 amide bonds. The van der Waals surface area contributed by atoms with Crippen molar-refractivity contribution in [3.63, 3.8) is 0 Å². The van der Waals surface area contributed by atoms with Gasteiger partial charge in [-0.15, -0.1) is 0 Å². The molecule has 0 bridgehead atoms. The van der Waals surface area contributed by atoms with Crippen molar-refractivity contribution in [1.82, 2.24) is 10.2 Å². The molecule has 5 nitrogen and oxygen atoms in total. The van der Waals surface area contributed by atoms with Crippen molar-refractivity contribution < 1.29 is 14.7 Å². The molecule has 5 heteroatoms. The first-order chi connectivity index (χ1) is 8.32. The second kappa shape index (κ2) is 6.07. The van der Waals surface area contributed by atoms with Gasteiger partial charge in [-0.1, -0.05) is 12.8 Å². The normalized spacial score (nSPS) is 16.6. The van der Waals surface area contributed by atoms with Crippen LogP contribution in [0.4, 0.5) is 4.79 Å². The number of urea groups is 1. The van der Waals surface area contributed by atoms with Gasteiger partial charge in [-0.3, -0.25) is 4.79 Å². The molecule has 1 aliphatic rings. The number of carbonyl (C=O) groups is 2. The highest BCUT2D eigenvalue weighted by Gasteiger charge is 2.27. The molecule has 0 atom stereocenters. The van der Waals surface area contributed by atoms with Crippen LogP contribution in [-0.4, -0.2) is 40.6 Å². The van der Waals surface area contributed by atoms with Crippen LogP contribution in [0.25, 0.3) is 0 Å². The minimum atomic E-state index is -0.832. The highest BCUT2D eigenvalue weighted by Crippen LogP contribution is 2.23. The summed E-state index contributed by atoms with van der Waals surface area (Å²) in [7, 11) is 1.82. The lowest BCUT2D eigenvalue weighted by Gasteiger charge is -2.31. The molecule has 1 saturated carbocycles. The Morgan fingerprint density at radius 3 is 2.39 bits per heavy atom. The van der Waals surface area contributed by atoms with Crippen molar-refractivity contribution in [3.8, 4) is 0 Å². The molecule has 1 rings (SSSR count). The molecule has 0 aromatic heterocycles. The molecule has 2 N–H and O–H groups in total. The zero-order valence-corrected chi connectivity index (χ0v) is 11.5. The van der Waals surface area contributed by atoms with E-state index in [1.807, 2.05) is 20.9 Å². The van der Waals surface area contributed by atoms with E-state index in [4.69, 9.17) is 5.11 Å². The van der Waals surface area contributed by atoms with Crippen molar-refractivity contribution in [2.75, 3.05) is 7.05 Å².